The molecule has 0 aromatic heterocycles. The van der Waals surface area contributed by atoms with Crippen LogP contribution in [-0.2, 0) is 16.2 Å². The summed E-state index contributed by atoms with van der Waals surface area (Å²) in [6, 6.07) is 8.22. The largest absolute Gasteiger partial charge is 0.494 e. The molecule has 0 amide bonds. The van der Waals surface area contributed by atoms with Crippen molar-refractivity contribution < 1.29 is 8.95 Å². The van der Waals surface area contributed by atoms with Crippen LogP contribution in [0, 0.1) is 0 Å². The standard InChI is InChI=1S/C15H24O2S/c1-5-18(16)11-7-10-17-14-9-6-8-13(12-14)15(2,3)4/h6,8-9,12H,5,7,10-11H2,1-4H3. The highest BCUT2D eigenvalue weighted by atomic mass is 32.2. The molecule has 0 N–H and O–H groups in total. The molecule has 0 aliphatic heterocycles. The SMILES string of the molecule is CCS(=O)CCCOc1cccc(C(C)(C)C)c1. The Morgan fingerprint density at radius 3 is 2.61 bits per heavy atom. The van der Waals surface area contributed by atoms with Crippen molar-refractivity contribution in [2.75, 3.05) is 18.1 Å². The van der Waals surface area contributed by atoms with E-state index in [0.29, 0.717) is 6.61 Å². The number of rotatable bonds is 6. The monoisotopic (exact) mass is 268 g/mol. The van der Waals surface area contributed by atoms with Crippen LogP contribution in [0.2, 0.25) is 0 Å². The normalized spacial score (nSPS) is 13.3. The van der Waals surface area contributed by atoms with Crippen molar-refractivity contribution in [1.82, 2.24) is 0 Å². The second-order valence-corrected chi connectivity index (χ2v) is 7.28. The molecule has 0 spiro atoms. The van der Waals surface area contributed by atoms with Crippen LogP contribution in [0.4, 0.5) is 0 Å². The van der Waals surface area contributed by atoms with E-state index in [-0.39, 0.29) is 5.41 Å². The average Bonchev–Trinajstić information content (AvgIpc) is 2.33. The zero-order valence-electron chi connectivity index (χ0n) is 11.9. The van der Waals surface area contributed by atoms with Crippen molar-refractivity contribution in [1.29, 1.82) is 0 Å². The van der Waals surface area contributed by atoms with Crippen LogP contribution in [0.3, 0.4) is 0 Å². The van der Waals surface area contributed by atoms with Gasteiger partial charge in [-0.1, -0.05) is 39.8 Å². The van der Waals surface area contributed by atoms with Gasteiger partial charge in [0.1, 0.15) is 5.75 Å². The summed E-state index contributed by atoms with van der Waals surface area (Å²) in [5.74, 6) is 2.37. The van der Waals surface area contributed by atoms with Gasteiger partial charge in [0.05, 0.1) is 6.61 Å². The van der Waals surface area contributed by atoms with E-state index in [1.165, 1.54) is 5.56 Å². The fourth-order valence-electron chi connectivity index (χ4n) is 1.61. The predicted molar refractivity (Wildman–Crippen MR) is 78.8 cm³/mol. The van der Waals surface area contributed by atoms with Crippen molar-refractivity contribution in [3.8, 4) is 5.75 Å². The van der Waals surface area contributed by atoms with Crippen molar-refractivity contribution in [2.45, 2.75) is 39.5 Å². The van der Waals surface area contributed by atoms with Crippen LogP contribution in [0.5, 0.6) is 5.75 Å². The highest BCUT2D eigenvalue weighted by Crippen LogP contribution is 2.25. The van der Waals surface area contributed by atoms with E-state index >= 15 is 0 Å². The lowest BCUT2D eigenvalue weighted by Crippen LogP contribution is -2.11. The summed E-state index contributed by atoms with van der Waals surface area (Å²) in [7, 11) is -0.683. The molecule has 1 unspecified atom stereocenters. The first-order valence-corrected chi connectivity index (χ1v) is 8.00. The van der Waals surface area contributed by atoms with Gasteiger partial charge in [-0.15, -0.1) is 0 Å². The topological polar surface area (TPSA) is 26.3 Å². The predicted octanol–water partition coefficient (Wildman–Crippen LogP) is 3.52. The Labute approximate surface area is 113 Å². The number of hydrogen-bond acceptors (Lipinski definition) is 2. The Hall–Kier alpha value is -0.830. The summed E-state index contributed by atoms with van der Waals surface area (Å²) >= 11 is 0. The van der Waals surface area contributed by atoms with Crippen molar-refractivity contribution in [3.63, 3.8) is 0 Å². The Morgan fingerprint density at radius 2 is 2.00 bits per heavy atom. The van der Waals surface area contributed by atoms with E-state index in [1.807, 2.05) is 19.1 Å². The van der Waals surface area contributed by atoms with Crippen LogP contribution in [0.25, 0.3) is 0 Å². The number of benzene rings is 1. The van der Waals surface area contributed by atoms with E-state index < -0.39 is 10.8 Å². The molecule has 0 aliphatic carbocycles. The zero-order valence-corrected chi connectivity index (χ0v) is 12.7. The zero-order chi connectivity index (χ0) is 13.6. The fraction of sp³-hybridized carbons (Fsp3) is 0.600. The lowest BCUT2D eigenvalue weighted by Gasteiger charge is -2.19. The molecular formula is C15H24O2S. The first-order valence-electron chi connectivity index (χ1n) is 6.52. The third-order valence-corrected chi connectivity index (χ3v) is 4.20. The highest BCUT2D eigenvalue weighted by molar-refractivity contribution is 7.84. The third-order valence-electron chi connectivity index (χ3n) is 2.81. The van der Waals surface area contributed by atoms with Gasteiger partial charge in [-0.3, -0.25) is 4.21 Å². The minimum atomic E-state index is -0.683. The van der Waals surface area contributed by atoms with Gasteiger partial charge in [-0.25, -0.2) is 0 Å². The van der Waals surface area contributed by atoms with Gasteiger partial charge in [-0.05, 0) is 29.5 Å². The van der Waals surface area contributed by atoms with Gasteiger partial charge in [-0.2, -0.15) is 0 Å². The van der Waals surface area contributed by atoms with Crippen molar-refractivity contribution >= 4 is 10.8 Å². The number of ether oxygens (including phenoxy) is 1. The van der Waals surface area contributed by atoms with Crippen LogP contribution in [0.15, 0.2) is 24.3 Å². The Morgan fingerprint density at radius 1 is 1.28 bits per heavy atom. The van der Waals surface area contributed by atoms with Crippen molar-refractivity contribution in [3.05, 3.63) is 29.8 Å². The van der Waals surface area contributed by atoms with Crippen LogP contribution in [0.1, 0.15) is 39.7 Å². The molecule has 1 rings (SSSR count). The molecule has 18 heavy (non-hydrogen) atoms. The summed E-state index contributed by atoms with van der Waals surface area (Å²) in [6.45, 7) is 9.16. The molecule has 0 radical (unpaired) electrons. The summed E-state index contributed by atoms with van der Waals surface area (Å²) in [5.41, 5.74) is 1.42. The summed E-state index contributed by atoms with van der Waals surface area (Å²) in [5, 5.41) is 0. The maximum atomic E-state index is 11.3. The fourth-order valence-corrected chi connectivity index (χ4v) is 2.34. The first kappa shape index (κ1) is 15.2. The maximum Gasteiger partial charge on any atom is 0.119 e. The van der Waals surface area contributed by atoms with Crippen molar-refractivity contribution in [2.24, 2.45) is 0 Å². The van der Waals surface area contributed by atoms with Gasteiger partial charge in [0.2, 0.25) is 0 Å². The molecule has 102 valence electrons. The highest BCUT2D eigenvalue weighted by Gasteiger charge is 2.13. The quantitative estimate of drug-likeness (QED) is 0.738. The lowest BCUT2D eigenvalue weighted by molar-refractivity contribution is 0.317. The van der Waals surface area contributed by atoms with E-state index in [0.717, 1.165) is 23.7 Å². The van der Waals surface area contributed by atoms with Gasteiger partial charge in [0.15, 0.2) is 0 Å². The molecule has 1 aromatic carbocycles. The van der Waals surface area contributed by atoms with Gasteiger partial charge >= 0.3 is 0 Å². The smallest absolute Gasteiger partial charge is 0.119 e. The van der Waals surface area contributed by atoms with Crippen LogP contribution >= 0.6 is 0 Å². The molecule has 3 heteroatoms. The molecule has 2 nitrogen and oxygen atoms in total. The van der Waals surface area contributed by atoms with Crippen LogP contribution in [-0.4, -0.2) is 22.3 Å². The molecule has 0 bridgehead atoms. The van der Waals surface area contributed by atoms with E-state index in [2.05, 4.69) is 32.9 Å². The molecule has 0 heterocycles. The summed E-state index contributed by atoms with van der Waals surface area (Å²) in [4.78, 5) is 0. The molecular weight excluding hydrogens is 244 g/mol. The molecule has 0 saturated heterocycles. The second-order valence-electron chi connectivity index (χ2n) is 5.41. The van der Waals surface area contributed by atoms with Crippen LogP contribution < -0.4 is 4.74 Å². The minimum absolute atomic E-state index is 0.142. The lowest BCUT2D eigenvalue weighted by atomic mass is 9.87. The van der Waals surface area contributed by atoms with E-state index in [4.69, 9.17) is 4.74 Å². The molecule has 0 fully saturated rings. The van der Waals surface area contributed by atoms with Gasteiger partial charge < -0.3 is 4.74 Å². The Kier molecular flexibility index (Phi) is 5.86. The molecule has 0 saturated carbocycles. The van der Waals surface area contributed by atoms with Gasteiger partial charge in [0, 0.05) is 22.3 Å². The van der Waals surface area contributed by atoms with E-state index in [1.54, 1.807) is 0 Å². The first-order chi connectivity index (χ1) is 8.43. The number of hydrogen-bond donors (Lipinski definition) is 0. The van der Waals surface area contributed by atoms with E-state index in [9.17, 15) is 4.21 Å². The minimum Gasteiger partial charge on any atom is -0.494 e. The molecule has 0 aliphatic rings. The van der Waals surface area contributed by atoms with Gasteiger partial charge in [0.25, 0.3) is 0 Å². The summed E-state index contributed by atoms with van der Waals surface area (Å²) in [6.07, 6.45) is 0.847. The maximum absolute atomic E-state index is 11.3. The Balaban J connectivity index is 2.46. The molecule has 1 aromatic rings. The summed E-state index contributed by atoms with van der Waals surface area (Å²) < 4.78 is 17.0. The average molecular weight is 268 g/mol. The third kappa shape index (κ3) is 5.21. The Bertz CT molecular complexity index is 394. The molecule has 1 atom stereocenters. The second kappa shape index (κ2) is 6.93.